The van der Waals surface area contributed by atoms with Crippen LogP contribution in [-0.2, 0) is 11.2 Å². The lowest BCUT2D eigenvalue weighted by Crippen LogP contribution is -2.45. The van der Waals surface area contributed by atoms with Crippen LogP contribution in [0.4, 0.5) is 5.13 Å². The molecule has 0 saturated carbocycles. The topological polar surface area (TPSA) is 49.3 Å². The van der Waals surface area contributed by atoms with Crippen molar-refractivity contribution in [2.24, 2.45) is 5.41 Å². The zero-order chi connectivity index (χ0) is 15.7. The third kappa shape index (κ3) is 3.12. The molecule has 1 amide bonds. The highest BCUT2D eigenvalue weighted by Crippen LogP contribution is 2.40. The van der Waals surface area contributed by atoms with Crippen LogP contribution < -0.4 is 4.90 Å². The molecule has 2 aliphatic rings. The normalized spacial score (nSPS) is 24.5. The summed E-state index contributed by atoms with van der Waals surface area (Å²) in [6, 6.07) is 4.06. The number of carbonyl (C=O) groups excluding carboxylic acids is 1. The Bertz CT molecular complexity index is 658. The Labute approximate surface area is 143 Å². The van der Waals surface area contributed by atoms with Crippen molar-refractivity contribution in [2.75, 3.05) is 31.1 Å². The second-order valence-electron chi connectivity index (χ2n) is 6.57. The summed E-state index contributed by atoms with van der Waals surface area (Å²) in [5.74, 6) is 0.275. The number of rotatable bonds is 3. The van der Waals surface area contributed by atoms with Gasteiger partial charge in [-0.15, -0.1) is 21.5 Å². The summed E-state index contributed by atoms with van der Waals surface area (Å²) >= 11 is 3.27. The Kier molecular flexibility index (Phi) is 4.07. The first kappa shape index (κ1) is 15.1. The van der Waals surface area contributed by atoms with Gasteiger partial charge in [-0.3, -0.25) is 4.79 Å². The molecule has 23 heavy (non-hydrogen) atoms. The number of hydrogen-bond donors (Lipinski definition) is 0. The molecule has 2 saturated heterocycles. The van der Waals surface area contributed by atoms with Crippen LogP contribution >= 0.6 is 22.7 Å². The minimum absolute atomic E-state index is 0.245. The lowest BCUT2D eigenvalue weighted by Gasteiger charge is -2.40. The summed E-state index contributed by atoms with van der Waals surface area (Å²) in [5.41, 5.74) is 2.04. The number of nitrogens with zero attached hydrogens (tertiary/aromatic N) is 4. The van der Waals surface area contributed by atoms with E-state index in [2.05, 4.69) is 20.0 Å². The van der Waals surface area contributed by atoms with Crippen LogP contribution in [0.3, 0.4) is 0 Å². The van der Waals surface area contributed by atoms with E-state index in [1.165, 1.54) is 12.8 Å². The van der Waals surface area contributed by atoms with E-state index in [4.69, 9.17) is 0 Å². The number of piperidine rings is 1. The smallest absolute Gasteiger partial charge is 0.227 e. The molecule has 1 spiro atoms. The second-order valence-corrected chi connectivity index (χ2v) is 8.41. The van der Waals surface area contributed by atoms with Crippen LogP contribution in [0.25, 0.3) is 0 Å². The summed E-state index contributed by atoms with van der Waals surface area (Å²) < 4.78 is 0. The lowest BCUT2D eigenvalue weighted by molar-refractivity contribution is -0.129. The van der Waals surface area contributed by atoms with Crippen molar-refractivity contribution < 1.29 is 4.79 Å². The standard InChI is InChI=1S/C16H20N4OS2/c21-14(9-13-3-1-8-22-13)19-7-5-16(10-19)4-2-6-20(11-16)15-18-17-12-23-15/h1,3,8,12H,2,4-7,9-11H2/t16-/m0/s1. The average Bonchev–Trinajstić information content (AvgIpc) is 3.29. The van der Waals surface area contributed by atoms with Gasteiger partial charge in [-0.1, -0.05) is 17.4 Å². The van der Waals surface area contributed by atoms with Gasteiger partial charge in [0.15, 0.2) is 0 Å². The van der Waals surface area contributed by atoms with Gasteiger partial charge in [0.1, 0.15) is 5.51 Å². The van der Waals surface area contributed by atoms with Gasteiger partial charge in [0, 0.05) is 36.5 Å². The van der Waals surface area contributed by atoms with Crippen LogP contribution in [0.5, 0.6) is 0 Å². The largest absolute Gasteiger partial charge is 0.346 e. The van der Waals surface area contributed by atoms with E-state index in [0.717, 1.165) is 42.6 Å². The monoisotopic (exact) mass is 348 g/mol. The molecule has 0 bridgehead atoms. The Balaban J connectivity index is 1.41. The number of amides is 1. The van der Waals surface area contributed by atoms with Crippen molar-refractivity contribution in [2.45, 2.75) is 25.7 Å². The fraction of sp³-hybridized carbons (Fsp3) is 0.562. The fourth-order valence-corrected chi connectivity index (χ4v) is 5.11. The van der Waals surface area contributed by atoms with Gasteiger partial charge in [-0.05, 0) is 30.7 Å². The van der Waals surface area contributed by atoms with Gasteiger partial charge in [0.05, 0.1) is 6.42 Å². The van der Waals surface area contributed by atoms with E-state index in [1.54, 1.807) is 28.2 Å². The van der Waals surface area contributed by atoms with E-state index >= 15 is 0 Å². The zero-order valence-corrected chi connectivity index (χ0v) is 14.6. The third-order valence-electron chi connectivity index (χ3n) is 4.98. The molecule has 2 aromatic rings. The maximum absolute atomic E-state index is 12.5. The Morgan fingerprint density at radius 2 is 2.22 bits per heavy atom. The van der Waals surface area contributed by atoms with Crippen molar-refractivity contribution in [3.8, 4) is 0 Å². The van der Waals surface area contributed by atoms with Crippen molar-refractivity contribution in [3.05, 3.63) is 27.9 Å². The van der Waals surface area contributed by atoms with Crippen LogP contribution in [0.2, 0.25) is 0 Å². The zero-order valence-electron chi connectivity index (χ0n) is 13.0. The molecule has 1 atom stereocenters. The first-order valence-electron chi connectivity index (χ1n) is 8.05. The van der Waals surface area contributed by atoms with E-state index in [1.807, 2.05) is 17.5 Å². The van der Waals surface area contributed by atoms with Gasteiger partial charge >= 0.3 is 0 Å². The molecule has 5 nitrogen and oxygen atoms in total. The molecule has 2 fully saturated rings. The summed E-state index contributed by atoms with van der Waals surface area (Å²) in [5, 5.41) is 11.2. The van der Waals surface area contributed by atoms with Crippen molar-refractivity contribution >= 4 is 33.7 Å². The first-order chi connectivity index (χ1) is 11.2. The maximum Gasteiger partial charge on any atom is 0.227 e. The number of hydrogen-bond acceptors (Lipinski definition) is 6. The predicted molar refractivity (Wildman–Crippen MR) is 93.0 cm³/mol. The van der Waals surface area contributed by atoms with Gasteiger partial charge in [-0.2, -0.15) is 0 Å². The van der Waals surface area contributed by atoms with Crippen molar-refractivity contribution in [1.29, 1.82) is 0 Å². The summed E-state index contributed by atoms with van der Waals surface area (Å²) in [4.78, 5) is 18.1. The molecule has 0 aliphatic carbocycles. The molecule has 4 rings (SSSR count). The number of likely N-dealkylation sites (tertiary alicyclic amines) is 1. The molecule has 2 aliphatic heterocycles. The summed E-state index contributed by atoms with van der Waals surface area (Å²) in [6.45, 7) is 3.85. The molecule has 0 aromatic carbocycles. The number of carbonyl (C=O) groups is 1. The highest BCUT2D eigenvalue weighted by molar-refractivity contribution is 7.13. The Morgan fingerprint density at radius 1 is 1.26 bits per heavy atom. The van der Waals surface area contributed by atoms with E-state index < -0.39 is 0 Å². The van der Waals surface area contributed by atoms with Crippen LogP contribution in [0.15, 0.2) is 23.0 Å². The molecular formula is C16H20N4OS2. The highest BCUT2D eigenvalue weighted by atomic mass is 32.1. The van der Waals surface area contributed by atoms with Gasteiger partial charge in [0.2, 0.25) is 11.0 Å². The van der Waals surface area contributed by atoms with Gasteiger partial charge in [0.25, 0.3) is 0 Å². The molecule has 7 heteroatoms. The highest BCUT2D eigenvalue weighted by Gasteiger charge is 2.43. The first-order valence-corrected chi connectivity index (χ1v) is 9.81. The average molecular weight is 348 g/mol. The molecule has 0 unspecified atom stereocenters. The number of aromatic nitrogens is 2. The SMILES string of the molecule is O=C(Cc1cccs1)N1CC[C@@]2(CCCN(c3nncs3)C2)C1. The fourth-order valence-electron chi connectivity index (χ4n) is 3.83. The second kappa shape index (κ2) is 6.20. The molecule has 0 N–H and O–H groups in total. The molecule has 122 valence electrons. The number of thiophene rings is 1. The van der Waals surface area contributed by atoms with Gasteiger partial charge in [-0.25, -0.2) is 0 Å². The third-order valence-corrected chi connectivity index (χ3v) is 6.60. The predicted octanol–water partition coefficient (Wildman–Crippen LogP) is 2.66. The summed E-state index contributed by atoms with van der Waals surface area (Å²) in [6.07, 6.45) is 4.05. The van der Waals surface area contributed by atoms with Gasteiger partial charge < -0.3 is 9.80 Å². The van der Waals surface area contributed by atoms with Crippen molar-refractivity contribution in [3.63, 3.8) is 0 Å². The molecule has 2 aromatic heterocycles. The van der Waals surface area contributed by atoms with E-state index in [0.29, 0.717) is 6.42 Å². The molecule has 0 radical (unpaired) electrons. The minimum atomic E-state index is 0.245. The maximum atomic E-state index is 12.5. The molecular weight excluding hydrogens is 328 g/mol. The summed E-state index contributed by atoms with van der Waals surface area (Å²) in [7, 11) is 0. The quantitative estimate of drug-likeness (QED) is 0.856. The van der Waals surface area contributed by atoms with Crippen LogP contribution in [0, 0.1) is 5.41 Å². The lowest BCUT2D eigenvalue weighted by atomic mass is 9.79. The minimum Gasteiger partial charge on any atom is -0.346 e. The number of anilines is 1. The Morgan fingerprint density at radius 3 is 3.00 bits per heavy atom. The van der Waals surface area contributed by atoms with Crippen molar-refractivity contribution in [1.82, 2.24) is 15.1 Å². The van der Waals surface area contributed by atoms with Crippen LogP contribution in [0.1, 0.15) is 24.1 Å². The van der Waals surface area contributed by atoms with E-state index in [9.17, 15) is 4.79 Å². The van der Waals surface area contributed by atoms with E-state index in [-0.39, 0.29) is 11.3 Å². The van der Waals surface area contributed by atoms with Crippen LogP contribution in [-0.4, -0.2) is 47.2 Å². The Hall–Kier alpha value is -1.47. The molecule has 4 heterocycles.